The zero-order valence-corrected chi connectivity index (χ0v) is 10.7. The van der Waals surface area contributed by atoms with Gasteiger partial charge >= 0.3 is 0 Å². The molecule has 1 heteroatoms. The Kier molecular flexibility index (Phi) is 4.84. The van der Waals surface area contributed by atoms with E-state index in [4.69, 9.17) is 0 Å². The van der Waals surface area contributed by atoms with Crippen LogP contribution in [0.1, 0.15) is 31.4 Å². The number of hydrogen-bond donors (Lipinski definition) is 1. The quantitative estimate of drug-likeness (QED) is 0.751. The van der Waals surface area contributed by atoms with Gasteiger partial charge in [-0.1, -0.05) is 42.8 Å². The number of aryl methyl sites for hydroxylation is 1. The van der Waals surface area contributed by atoms with Gasteiger partial charge in [0.25, 0.3) is 0 Å². The van der Waals surface area contributed by atoms with E-state index in [2.05, 4.69) is 62.5 Å². The minimum Gasteiger partial charge on any atom is -0.388 e. The first-order valence-electron chi connectivity index (χ1n) is 5.80. The summed E-state index contributed by atoms with van der Waals surface area (Å²) >= 11 is 0. The maximum absolute atomic E-state index is 3.26. The average Bonchev–Trinajstić information content (AvgIpc) is 2.31. The van der Waals surface area contributed by atoms with E-state index in [1.165, 1.54) is 22.4 Å². The van der Waals surface area contributed by atoms with Gasteiger partial charge in [0.2, 0.25) is 0 Å². The molecule has 0 spiro atoms. The van der Waals surface area contributed by atoms with Gasteiger partial charge in [0, 0.05) is 18.3 Å². The maximum Gasteiger partial charge on any atom is 0.0413 e. The molecule has 0 bridgehead atoms. The normalized spacial score (nSPS) is 12.8. The van der Waals surface area contributed by atoms with Crippen molar-refractivity contribution in [2.45, 2.75) is 27.2 Å². The third kappa shape index (κ3) is 3.27. The van der Waals surface area contributed by atoms with Crippen molar-refractivity contribution in [3.05, 3.63) is 53.1 Å². The Morgan fingerprint density at radius 3 is 2.50 bits per heavy atom. The summed E-state index contributed by atoms with van der Waals surface area (Å²) < 4.78 is 0. The Bertz CT molecular complexity index is 400. The Morgan fingerprint density at radius 1 is 1.25 bits per heavy atom. The van der Waals surface area contributed by atoms with E-state index in [1.54, 1.807) is 0 Å². The highest BCUT2D eigenvalue weighted by Crippen LogP contribution is 2.16. The van der Waals surface area contributed by atoms with Crippen LogP contribution in [0.2, 0.25) is 0 Å². The van der Waals surface area contributed by atoms with E-state index in [0.717, 1.165) is 6.42 Å². The second kappa shape index (κ2) is 6.16. The minimum absolute atomic E-state index is 1.10. The van der Waals surface area contributed by atoms with Crippen LogP contribution in [0.4, 0.5) is 0 Å². The van der Waals surface area contributed by atoms with Crippen LogP contribution in [0.25, 0.3) is 5.70 Å². The van der Waals surface area contributed by atoms with Crippen LogP contribution in [0, 0.1) is 6.92 Å². The highest BCUT2D eigenvalue weighted by Gasteiger charge is 2.00. The first-order chi connectivity index (χ1) is 7.69. The monoisotopic (exact) mass is 215 g/mol. The minimum atomic E-state index is 1.10. The Labute approximate surface area is 98.9 Å². The van der Waals surface area contributed by atoms with Gasteiger partial charge in [0.15, 0.2) is 0 Å². The van der Waals surface area contributed by atoms with Crippen molar-refractivity contribution < 1.29 is 0 Å². The molecule has 0 radical (unpaired) electrons. The molecule has 0 saturated carbocycles. The summed E-state index contributed by atoms with van der Waals surface area (Å²) in [6.07, 6.45) is 5.43. The molecule has 16 heavy (non-hydrogen) atoms. The second-order valence-electron chi connectivity index (χ2n) is 4.01. The van der Waals surface area contributed by atoms with Gasteiger partial charge in [0.1, 0.15) is 0 Å². The van der Waals surface area contributed by atoms with Crippen LogP contribution in [-0.4, -0.2) is 7.05 Å². The molecular weight excluding hydrogens is 194 g/mol. The van der Waals surface area contributed by atoms with Crippen LogP contribution in [0.15, 0.2) is 42.0 Å². The lowest BCUT2D eigenvalue weighted by molar-refractivity contribution is 1.09. The fraction of sp³-hybridized carbons (Fsp3) is 0.333. The van der Waals surface area contributed by atoms with E-state index in [9.17, 15) is 0 Å². The molecule has 1 N–H and O–H groups in total. The van der Waals surface area contributed by atoms with E-state index in [0.29, 0.717) is 0 Å². The summed E-state index contributed by atoms with van der Waals surface area (Å²) in [5, 5.41) is 3.26. The van der Waals surface area contributed by atoms with Gasteiger partial charge in [-0.15, -0.1) is 0 Å². The van der Waals surface area contributed by atoms with Crippen molar-refractivity contribution in [1.82, 2.24) is 5.32 Å². The van der Waals surface area contributed by atoms with Gasteiger partial charge < -0.3 is 5.32 Å². The molecule has 1 nitrogen and oxygen atoms in total. The first kappa shape index (κ1) is 12.6. The van der Waals surface area contributed by atoms with Gasteiger partial charge in [-0.2, -0.15) is 0 Å². The SMILES string of the molecule is CCC(C)=C/C=C(\NC)c1ccccc1C. The van der Waals surface area contributed by atoms with Gasteiger partial charge in [-0.25, -0.2) is 0 Å². The van der Waals surface area contributed by atoms with Crippen LogP contribution in [0.5, 0.6) is 0 Å². The standard InChI is InChI=1S/C15H21N/c1-5-12(2)10-11-15(16-4)14-9-7-6-8-13(14)3/h6-11,16H,5H2,1-4H3/b12-10?,15-11-. The smallest absolute Gasteiger partial charge is 0.0413 e. The number of hydrogen-bond acceptors (Lipinski definition) is 1. The highest BCUT2D eigenvalue weighted by molar-refractivity contribution is 5.67. The fourth-order valence-electron chi connectivity index (χ4n) is 1.53. The van der Waals surface area contributed by atoms with Crippen LogP contribution >= 0.6 is 0 Å². The Balaban J connectivity index is 3.04. The Hall–Kier alpha value is -1.50. The van der Waals surface area contributed by atoms with Crippen molar-refractivity contribution in [3.8, 4) is 0 Å². The largest absolute Gasteiger partial charge is 0.388 e. The zero-order valence-electron chi connectivity index (χ0n) is 10.7. The van der Waals surface area contributed by atoms with Gasteiger partial charge in [-0.05, 0) is 31.9 Å². The maximum atomic E-state index is 3.26. The van der Waals surface area contributed by atoms with Crippen molar-refractivity contribution in [2.24, 2.45) is 0 Å². The molecule has 1 aromatic rings. The van der Waals surface area contributed by atoms with Crippen molar-refractivity contribution in [3.63, 3.8) is 0 Å². The lowest BCUT2D eigenvalue weighted by atomic mass is 10.0. The molecule has 0 aliphatic carbocycles. The lowest BCUT2D eigenvalue weighted by Gasteiger charge is -2.09. The third-order valence-electron chi connectivity index (χ3n) is 2.80. The van der Waals surface area contributed by atoms with E-state index in [1.807, 2.05) is 7.05 Å². The topological polar surface area (TPSA) is 12.0 Å². The second-order valence-corrected chi connectivity index (χ2v) is 4.01. The molecule has 0 saturated heterocycles. The summed E-state index contributed by atoms with van der Waals surface area (Å²) in [5.74, 6) is 0. The summed E-state index contributed by atoms with van der Waals surface area (Å²) in [5.41, 5.74) is 5.13. The van der Waals surface area contributed by atoms with E-state index < -0.39 is 0 Å². The van der Waals surface area contributed by atoms with Crippen molar-refractivity contribution in [1.29, 1.82) is 0 Å². The van der Waals surface area contributed by atoms with Crippen molar-refractivity contribution >= 4 is 5.70 Å². The third-order valence-corrected chi connectivity index (χ3v) is 2.80. The summed E-state index contributed by atoms with van der Waals surface area (Å²) in [6, 6.07) is 8.42. The van der Waals surface area contributed by atoms with Crippen LogP contribution in [-0.2, 0) is 0 Å². The number of allylic oxidation sites excluding steroid dienone is 3. The van der Waals surface area contributed by atoms with E-state index >= 15 is 0 Å². The first-order valence-corrected chi connectivity index (χ1v) is 5.80. The number of nitrogens with one attached hydrogen (secondary N) is 1. The molecule has 0 unspecified atom stereocenters. The van der Waals surface area contributed by atoms with E-state index in [-0.39, 0.29) is 0 Å². The summed E-state index contributed by atoms with van der Waals surface area (Å²) in [4.78, 5) is 0. The highest BCUT2D eigenvalue weighted by atomic mass is 14.8. The average molecular weight is 215 g/mol. The predicted octanol–water partition coefficient (Wildman–Crippen LogP) is 3.91. The summed E-state index contributed by atoms with van der Waals surface area (Å²) in [7, 11) is 1.97. The fourth-order valence-corrected chi connectivity index (χ4v) is 1.53. The summed E-state index contributed by atoms with van der Waals surface area (Å²) in [6.45, 7) is 6.46. The number of benzene rings is 1. The molecule has 0 aliphatic rings. The van der Waals surface area contributed by atoms with Gasteiger partial charge in [0.05, 0.1) is 0 Å². The molecule has 0 aliphatic heterocycles. The molecule has 0 fully saturated rings. The molecule has 1 rings (SSSR count). The molecule has 0 amide bonds. The van der Waals surface area contributed by atoms with Crippen molar-refractivity contribution in [2.75, 3.05) is 7.05 Å². The molecule has 1 aromatic carbocycles. The molecule has 0 heterocycles. The molecular formula is C15H21N. The Morgan fingerprint density at radius 2 is 1.94 bits per heavy atom. The predicted molar refractivity (Wildman–Crippen MR) is 72.3 cm³/mol. The lowest BCUT2D eigenvalue weighted by Crippen LogP contribution is -2.05. The molecule has 0 atom stereocenters. The number of rotatable bonds is 4. The van der Waals surface area contributed by atoms with Crippen LogP contribution < -0.4 is 5.32 Å². The van der Waals surface area contributed by atoms with Crippen LogP contribution in [0.3, 0.4) is 0 Å². The molecule has 86 valence electrons. The zero-order chi connectivity index (χ0) is 12.0. The molecule has 0 aromatic heterocycles. The van der Waals surface area contributed by atoms with Gasteiger partial charge in [-0.3, -0.25) is 0 Å².